The first-order valence-corrected chi connectivity index (χ1v) is 9.72. The second-order valence-corrected chi connectivity index (χ2v) is 8.86. The Labute approximate surface area is 138 Å². The quantitative estimate of drug-likeness (QED) is 0.512. The van der Waals surface area contributed by atoms with Crippen molar-refractivity contribution < 1.29 is 21.5 Å². The second kappa shape index (κ2) is 8.68. The molecule has 0 aliphatic rings. The van der Waals surface area contributed by atoms with Crippen LogP contribution in [0.1, 0.15) is 0 Å². The number of rotatable bonds is 3. The van der Waals surface area contributed by atoms with Gasteiger partial charge in [0.2, 0.25) is 8.32 Å². The van der Waals surface area contributed by atoms with Crippen molar-refractivity contribution in [2.75, 3.05) is 0 Å². The fourth-order valence-electron chi connectivity index (χ4n) is 1.94. The first-order chi connectivity index (χ1) is 9.68. The van der Waals surface area contributed by atoms with E-state index in [0.29, 0.717) is 0 Å². The van der Waals surface area contributed by atoms with E-state index in [1.54, 1.807) is 0 Å². The van der Waals surface area contributed by atoms with Crippen molar-refractivity contribution in [3.63, 3.8) is 0 Å². The van der Waals surface area contributed by atoms with Gasteiger partial charge in [0.15, 0.2) is 0 Å². The zero-order chi connectivity index (χ0) is 14.3. The summed E-state index contributed by atoms with van der Waals surface area (Å²) in [6.07, 6.45) is 0. The summed E-state index contributed by atoms with van der Waals surface area (Å²) in [7, 11) is -1.77. The van der Waals surface area contributed by atoms with Gasteiger partial charge in [-0.3, -0.25) is 0 Å². The Kier molecular flexibility index (Phi) is 7.24. The Bertz CT molecular complexity index is 554. The summed E-state index contributed by atoms with van der Waals surface area (Å²) in [4.78, 5) is 0. The molecule has 0 heterocycles. The van der Waals surface area contributed by atoms with Crippen LogP contribution in [0.5, 0.6) is 5.75 Å². The summed E-state index contributed by atoms with van der Waals surface area (Å²) in [5.74, 6) is 0.968. The molecule has 0 radical (unpaired) electrons. The molecule has 0 aliphatic heterocycles. The van der Waals surface area contributed by atoms with Gasteiger partial charge in [-0.15, -0.1) is 5.19 Å². The monoisotopic (exact) mass is 336 g/mol. The summed E-state index contributed by atoms with van der Waals surface area (Å²) in [5.41, 5.74) is 0. The van der Waals surface area contributed by atoms with E-state index in [1.165, 1.54) is 5.19 Å². The molecule has 3 aromatic rings. The third kappa shape index (κ3) is 5.76. The van der Waals surface area contributed by atoms with Crippen LogP contribution in [-0.4, -0.2) is 8.32 Å². The summed E-state index contributed by atoms with van der Waals surface area (Å²) >= 11 is 0. The van der Waals surface area contributed by atoms with Crippen molar-refractivity contribution in [3.05, 3.63) is 84.9 Å². The van der Waals surface area contributed by atoms with Gasteiger partial charge in [-0.1, -0.05) is 18.2 Å². The third-order valence-corrected chi connectivity index (χ3v) is 5.50. The number of benzene rings is 1. The molecule has 0 saturated carbocycles. The molecule has 3 rings (SSSR count). The molecule has 0 aromatic heterocycles. The molecule has 0 saturated heterocycles. The van der Waals surface area contributed by atoms with Gasteiger partial charge in [-0.05, 0) is 25.2 Å². The minimum absolute atomic E-state index is 0. The van der Waals surface area contributed by atoms with Gasteiger partial charge in [0, 0.05) is 0 Å². The minimum Gasteiger partial charge on any atom is -0.550 e. The zero-order valence-electron chi connectivity index (χ0n) is 12.3. The predicted octanol–water partition coefficient (Wildman–Crippen LogP) is 4.30. The molecule has 0 N–H and O–H groups in total. The van der Waals surface area contributed by atoms with Crippen molar-refractivity contribution >= 4 is 13.5 Å². The van der Waals surface area contributed by atoms with E-state index >= 15 is 0 Å². The average molecular weight is 336 g/mol. The maximum atomic E-state index is 6.09. The van der Waals surface area contributed by atoms with Crippen LogP contribution in [0.15, 0.2) is 84.9 Å². The van der Waals surface area contributed by atoms with E-state index in [1.807, 2.05) is 60.7 Å². The fraction of sp³-hybridized carbons (Fsp3) is 0.111. The van der Waals surface area contributed by atoms with Crippen LogP contribution in [-0.2, 0) is 17.1 Å². The van der Waals surface area contributed by atoms with Crippen LogP contribution in [0.4, 0.5) is 0 Å². The maximum absolute atomic E-state index is 6.09. The predicted molar refractivity (Wildman–Crippen MR) is 88.3 cm³/mol. The Morgan fingerprint density at radius 3 is 1.90 bits per heavy atom. The Morgan fingerprint density at radius 1 is 0.857 bits per heavy atom. The number of hydrogen-bond donors (Lipinski definition) is 0. The molecule has 3 aromatic carbocycles. The standard InChI is InChI=1S/C13H15OSi.C5H5.Fe/c1-15(2,13-10-6-7-11-13)14-12-8-4-3-5-9-12;1-2-4-5-3-1;/h3-11H,1-2H3;1-5H;/q2*-1;+2. The molecule has 0 aliphatic carbocycles. The third-order valence-electron chi connectivity index (χ3n) is 3.03. The van der Waals surface area contributed by atoms with E-state index in [9.17, 15) is 0 Å². The molecule has 1 nitrogen and oxygen atoms in total. The Morgan fingerprint density at radius 2 is 1.43 bits per heavy atom. The van der Waals surface area contributed by atoms with Gasteiger partial charge in [0.1, 0.15) is 5.75 Å². The summed E-state index contributed by atoms with van der Waals surface area (Å²) < 4.78 is 6.09. The second-order valence-electron chi connectivity index (χ2n) is 5.06. The van der Waals surface area contributed by atoms with Crippen LogP contribution < -0.4 is 9.61 Å². The fourth-order valence-corrected chi connectivity index (χ4v) is 3.78. The first kappa shape index (κ1) is 17.5. The molecule has 21 heavy (non-hydrogen) atoms. The topological polar surface area (TPSA) is 9.23 Å². The van der Waals surface area contributed by atoms with Gasteiger partial charge in [-0.2, -0.15) is 30.3 Å². The average Bonchev–Trinajstić information content (AvgIpc) is 3.16. The van der Waals surface area contributed by atoms with Crippen molar-refractivity contribution in [1.82, 2.24) is 0 Å². The van der Waals surface area contributed by atoms with Gasteiger partial charge >= 0.3 is 17.1 Å². The smallest absolute Gasteiger partial charge is 0.550 e. The van der Waals surface area contributed by atoms with E-state index in [2.05, 4.69) is 37.4 Å². The summed E-state index contributed by atoms with van der Waals surface area (Å²) in [6.45, 7) is 4.44. The Hall–Kier alpha value is -1.54. The molecule has 0 atom stereocenters. The number of para-hydroxylation sites is 1. The molecule has 0 bridgehead atoms. The minimum atomic E-state index is -1.77. The van der Waals surface area contributed by atoms with E-state index in [0.717, 1.165) is 5.75 Å². The van der Waals surface area contributed by atoms with Crippen molar-refractivity contribution in [3.8, 4) is 5.75 Å². The van der Waals surface area contributed by atoms with Crippen LogP contribution in [0.25, 0.3) is 0 Å². The van der Waals surface area contributed by atoms with E-state index in [-0.39, 0.29) is 17.1 Å². The van der Waals surface area contributed by atoms with Gasteiger partial charge in [0.05, 0.1) is 0 Å². The van der Waals surface area contributed by atoms with Gasteiger partial charge in [0.25, 0.3) is 0 Å². The largest absolute Gasteiger partial charge is 2.00 e. The van der Waals surface area contributed by atoms with Crippen LogP contribution in [0.3, 0.4) is 0 Å². The van der Waals surface area contributed by atoms with Crippen molar-refractivity contribution in [1.29, 1.82) is 0 Å². The van der Waals surface area contributed by atoms with Crippen LogP contribution >= 0.6 is 0 Å². The molecule has 3 heteroatoms. The first-order valence-electron chi connectivity index (χ1n) is 6.81. The SMILES string of the molecule is C[Si](C)(Oc1ccccc1)[c-]1cccc1.[Fe+2].c1cc[cH-]c1. The molecule has 0 spiro atoms. The normalized spacial score (nSPS) is 10.0. The van der Waals surface area contributed by atoms with Gasteiger partial charge in [-0.25, -0.2) is 24.3 Å². The molecule has 0 unspecified atom stereocenters. The van der Waals surface area contributed by atoms with Crippen LogP contribution in [0.2, 0.25) is 13.1 Å². The molecule has 110 valence electrons. The van der Waals surface area contributed by atoms with Crippen molar-refractivity contribution in [2.45, 2.75) is 13.1 Å². The molecular formula is C18H20FeOSi. The van der Waals surface area contributed by atoms with Gasteiger partial charge < -0.3 is 4.43 Å². The van der Waals surface area contributed by atoms with E-state index in [4.69, 9.17) is 4.43 Å². The summed E-state index contributed by atoms with van der Waals surface area (Å²) in [5, 5.41) is 1.34. The van der Waals surface area contributed by atoms with E-state index < -0.39 is 8.32 Å². The molecule has 0 fully saturated rings. The zero-order valence-corrected chi connectivity index (χ0v) is 14.4. The molecule has 0 amide bonds. The summed E-state index contributed by atoms with van der Waals surface area (Å²) in [6, 6.07) is 28.5. The van der Waals surface area contributed by atoms with Crippen molar-refractivity contribution in [2.24, 2.45) is 0 Å². The Balaban J connectivity index is 0.000000313. The maximum Gasteiger partial charge on any atom is 2.00 e. The van der Waals surface area contributed by atoms with Crippen LogP contribution in [0, 0.1) is 0 Å². The molecular weight excluding hydrogens is 316 g/mol. The number of hydrogen-bond acceptors (Lipinski definition) is 1.